The van der Waals surface area contributed by atoms with E-state index in [4.69, 9.17) is 4.74 Å². The van der Waals surface area contributed by atoms with E-state index in [-0.39, 0.29) is 12.5 Å². The summed E-state index contributed by atoms with van der Waals surface area (Å²) >= 11 is 0. The molecule has 0 saturated carbocycles. The molecule has 8 nitrogen and oxygen atoms in total. The fraction of sp³-hybridized carbons (Fsp3) is 0.464. The van der Waals surface area contributed by atoms with E-state index in [9.17, 15) is 19.5 Å². The maximum atomic E-state index is 13.7. The van der Waals surface area contributed by atoms with Gasteiger partial charge in [-0.25, -0.2) is 4.79 Å². The Hall–Kier alpha value is -3.39. The topological polar surface area (TPSA) is 108 Å². The summed E-state index contributed by atoms with van der Waals surface area (Å²) in [4.78, 5) is 41.1. The normalized spacial score (nSPS) is 12.9. The van der Waals surface area contributed by atoms with Crippen LogP contribution >= 0.6 is 0 Å². The highest BCUT2D eigenvalue weighted by Gasteiger charge is 2.36. The number of amides is 3. The van der Waals surface area contributed by atoms with Gasteiger partial charge in [0.25, 0.3) is 0 Å². The predicted octanol–water partition coefficient (Wildman–Crippen LogP) is 3.79. The summed E-state index contributed by atoms with van der Waals surface area (Å²) in [5.41, 5.74) is 2.74. The molecule has 2 unspecified atom stereocenters. The quantitative estimate of drug-likeness (QED) is 0.463. The molecule has 8 heteroatoms. The van der Waals surface area contributed by atoms with Crippen molar-refractivity contribution < 1.29 is 24.2 Å². The number of aliphatic hydroxyl groups is 1. The molecule has 0 aliphatic carbocycles. The predicted molar refractivity (Wildman–Crippen MR) is 139 cm³/mol. The van der Waals surface area contributed by atoms with E-state index >= 15 is 0 Å². The van der Waals surface area contributed by atoms with Gasteiger partial charge in [0.2, 0.25) is 11.8 Å². The summed E-state index contributed by atoms with van der Waals surface area (Å²) in [6, 6.07) is 12.9. The van der Waals surface area contributed by atoms with Crippen molar-refractivity contribution in [3.8, 4) is 0 Å². The van der Waals surface area contributed by atoms with Crippen molar-refractivity contribution in [2.45, 2.75) is 72.2 Å². The van der Waals surface area contributed by atoms with E-state index < -0.39 is 36.3 Å². The first kappa shape index (κ1) is 28.8. The molecule has 2 aromatic carbocycles. The minimum Gasteiger partial charge on any atom is -0.444 e. The third-order valence-electron chi connectivity index (χ3n) is 5.73. The first-order valence-corrected chi connectivity index (χ1v) is 12.3. The van der Waals surface area contributed by atoms with Crippen LogP contribution < -0.4 is 10.6 Å². The Labute approximate surface area is 214 Å². The van der Waals surface area contributed by atoms with Crippen molar-refractivity contribution in [1.29, 1.82) is 0 Å². The Bertz CT molecular complexity index is 1030. The highest BCUT2D eigenvalue weighted by atomic mass is 16.6. The summed E-state index contributed by atoms with van der Waals surface area (Å²) in [6.07, 6.45) is -0.243. The van der Waals surface area contributed by atoms with Gasteiger partial charge < -0.3 is 25.4 Å². The lowest BCUT2D eigenvalue weighted by atomic mass is 9.95. The molecular formula is C28H39N3O5. The van der Waals surface area contributed by atoms with E-state index in [1.54, 1.807) is 20.8 Å². The maximum Gasteiger partial charge on any atom is 0.408 e. The van der Waals surface area contributed by atoms with Gasteiger partial charge in [0.15, 0.2) is 0 Å². The van der Waals surface area contributed by atoms with Crippen LogP contribution in [0.5, 0.6) is 0 Å². The number of nitrogens with one attached hydrogen (secondary N) is 2. The van der Waals surface area contributed by atoms with E-state index in [1.807, 2.05) is 69.3 Å². The molecule has 2 rings (SSSR count). The highest BCUT2D eigenvalue weighted by molar-refractivity contribution is 5.92. The molecule has 2 aromatic rings. The molecule has 0 heterocycles. The minimum absolute atomic E-state index is 0.252. The van der Waals surface area contributed by atoms with Crippen LogP contribution in [0.25, 0.3) is 0 Å². The van der Waals surface area contributed by atoms with Crippen LogP contribution in [0.15, 0.2) is 48.5 Å². The zero-order valence-electron chi connectivity index (χ0n) is 22.1. The number of hydrogen-bond donors (Lipinski definition) is 3. The van der Waals surface area contributed by atoms with Gasteiger partial charge in [-0.05, 0) is 63.3 Å². The number of ether oxygens (including phenoxy) is 1. The van der Waals surface area contributed by atoms with Crippen molar-refractivity contribution in [2.75, 3.05) is 13.2 Å². The maximum absolute atomic E-state index is 13.7. The molecule has 0 aliphatic heterocycles. The van der Waals surface area contributed by atoms with E-state index in [2.05, 4.69) is 10.6 Å². The zero-order valence-corrected chi connectivity index (χ0v) is 22.1. The van der Waals surface area contributed by atoms with Crippen molar-refractivity contribution in [3.05, 3.63) is 70.8 Å². The molecule has 3 amide bonds. The lowest BCUT2D eigenvalue weighted by Crippen LogP contribution is -2.54. The summed E-state index contributed by atoms with van der Waals surface area (Å²) in [5.74, 6) is -0.908. The number of aliphatic hydroxyl groups excluding tert-OH is 1. The van der Waals surface area contributed by atoms with Gasteiger partial charge in [-0.15, -0.1) is 0 Å². The fourth-order valence-electron chi connectivity index (χ4n) is 3.85. The Kier molecular flexibility index (Phi) is 10.5. The molecule has 0 bridgehead atoms. The number of nitrogens with zero attached hydrogens (tertiary/aromatic N) is 1. The van der Waals surface area contributed by atoms with E-state index in [0.29, 0.717) is 18.5 Å². The lowest BCUT2D eigenvalue weighted by Gasteiger charge is -2.34. The molecule has 0 saturated heterocycles. The van der Waals surface area contributed by atoms with E-state index in [1.165, 1.54) is 4.90 Å². The molecule has 196 valence electrons. The second-order valence-electron chi connectivity index (χ2n) is 9.81. The first-order valence-electron chi connectivity index (χ1n) is 12.3. The first-order chi connectivity index (χ1) is 17.0. The monoisotopic (exact) mass is 497 g/mol. The van der Waals surface area contributed by atoms with Gasteiger partial charge in [0, 0.05) is 13.1 Å². The van der Waals surface area contributed by atoms with Crippen LogP contribution in [0, 0.1) is 13.8 Å². The molecular weight excluding hydrogens is 458 g/mol. The minimum atomic E-state index is -1.26. The average molecular weight is 498 g/mol. The fourth-order valence-corrected chi connectivity index (χ4v) is 3.85. The van der Waals surface area contributed by atoms with Gasteiger partial charge >= 0.3 is 6.09 Å². The smallest absolute Gasteiger partial charge is 0.408 e. The second-order valence-corrected chi connectivity index (χ2v) is 9.81. The Morgan fingerprint density at radius 3 is 2.28 bits per heavy atom. The van der Waals surface area contributed by atoms with E-state index in [0.717, 1.165) is 16.7 Å². The molecule has 0 radical (unpaired) electrons. The number of hydrogen-bond acceptors (Lipinski definition) is 5. The SMILES string of the molecule is CCCN(C(=O)C(CO)NC(=O)OC(C)(C)C)C(C(=O)NCc1ccccc1)c1cccc(C)c1C. The number of benzene rings is 2. The van der Waals surface area contributed by atoms with Crippen molar-refractivity contribution in [2.24, 2.45) is 0 Å². The van der Waals surface area contributed by atoms with Gasteiger partial charge in [-0.1, -0.05) is 55.5 Å². The van der Waals surface area contributed by atoms with Gasteiger partial charge in [0.1, 0.15) is 17.7 Å². The summed E-state index contributed by atoms with van der Waals surface area (Å²) < 4.78 is 5.26. The number of rotatable bonds is 10. The van der Waals surface area contributed by atoms with Crippen molar-refractivity contribution in [1.82, 2.24) is 15.5 Å². The molecule has 0 spiro atoms. The lowest BCUT2D eigenvalue weighted by molar-refractivity contribution is -0.143. The zero-order chi connectivity index (χ0) is 26.9. The Morgan fingerprint density at radius 1 is 1.03 bits per heavy atom. The van der Waals surface area contributed by atoms with Crippen LogP contribution in [0.1, 0.15) is 62.4 Å². The average Bonchev–Trinajstić information content (AvgIpc) is 2.82. The van der Waals surface area contributed by atoms with Crippen LogP contribution in [-0.2, 0) is 20.9 Å². The number of carbonyl (C=O) groups is 3. The van der Waals surface area contributed by atoms with Crippen molar-refractivity contribution in [3.63, 3.8) is 0 Å². The highest BCUT2D eigenvalue weighted by Crippen LogP contribution is 2.27. The third kappa shape index (κ3) is 8.09. The van der Waals surface area contributed by atoms with Gasteiger partial charge in [0.05, 0.1) is 6.61 Å². The largest absolute Gasteiger partial charge is 0.444 e. The molecule has 0 aliphatic rings. The van der Waals surface area contributed by atoms with Crippen LogP contribution in [0.3, 0.4) is 0 Å². The number of aryl methyl sites for hydroxylation is 1. The Morgan fingerprint density at radius 2 is 1.69 bits per heavy atom. The third-order valence-corrected chi connectivity index (χ3v) is 5.73. The summed E-state index contributed by atoms with van der Waals surface area (Å²) in [6.45, 7) is 10.8. The molecule has 2 atom stereocenters. The molecule has 3 N–H and O–H groups in total. The van der Waals surface area contributed by atoms with Crippen LogP contribution in [0.2, 0.25) is 0 Å². The summed E-state index contributed by atoms with van der Waals surface area (Å²) in [7, 11) is 0. The van der Waals surface area contributed by atoms with Crippen molar-refractivity contribution >= 4 is 17.9 Å². The van der Waals surface area contributed by atoms with Gasteiger partial charge in [-0.3, -0.25) is 9.59 Å². The standard InChI is InChI=1S/C28H39N3O5/c1-7-16-31(26(34)23(18-32)30-27(35)36-28(4,5)6)24(22-15-11-12-19(2)20(22)3)25(33)29-17-21-13-9-8-10-14-21/h8-15,23-24,32H,7,16-18H2,1-6H3,(H,29,33)(H,30,35). The molecule has 36 heavy (non-hydrogen) atoms. The Balaban J connectivity index is 2.42. The van der Waals surface area contributed by atoms with Gasteiger partial charge in [-0.2, -0.15) is 0 Å². The number of alkyl carbamates (subject to hydrolysis) is 1. The summed E-state index contributed by atoms with van der Waals surface area (Å²) in [5, 5.41) is 15.4. The molecule has 0 aromatic heterocycles. The second kappa shape index (κ2) is 13.1. The van der Waals surface area contributed by atoms with Crippen LogP contribution in [-0.4, -0.2) is 52.7 Å². The number of carbonyl (C=O) groups excluding carboxylic acids is 3. The van der Waals surface area contributed by atoms with Crippen LogP contribution in [0.4, 0.5) is 4.79 Å². The molecule has 0 fully saturated rings.